The molecule has 0 atom stereocenters. The molecule has 5 nitrogen and oxygen atoms in total. The van der Waals surface area contributed by atoms with Crippen molar-refractivity contribution >= 4 is 17.5 Å². The van der Waals surface area contributed by atoms with E-state index < -0.39 is 0 Å². The third kappa shape index (κ3) is 4.77. The van der Waals surface area contributed by atoms with Crippen molar-refractivity contribution in [1.29, 1.82) is 0 Å². The van der Waals surface area contributed by atoms with Gasteiger partial charge in [0.05, 0.1) is 0 Å². The van der Waals surface area contributed by atoms with Crippen molar-refractivity contribution in [3.8, 4) is 5.75 Å². The summed E-state index contributed by atoms with van der Waals surface area (Å²) in [5, 5.41) is 5.65. The highest BCUT2D eigenvalue weighted by atomic mass is 16.5. The lowest BCUT2D eigenvalue weighted by atomic mass is 10.0. The minimum absolute atomic E-state index is 0.0251. The minimum Gasteiger partial charge on any atom is -0.484 e. The third-order valence-electron chi connectivity index (χ3n) is 3.44. The normalized spacial score (nSPS) is 13.3. The van der Waals surface area contributed by atoms with Gasteiger partial charge < -0.3 is 15.4 Å². The second kappa shape index (κ2) is 7.67. The predicted octanol–water partition coefficient (Wildman–Crippen LogP) is 2.26. The van der Waals surface area contributed by atoms with Crippen LogP contribution in [0.2, 0.25) is 0 Å². The van der Waals surface area contributed by atoms with Gasteiger partial charge >= 0.3 is 0 Å². The SMILES string of the molecule is CCCCCNC(=O)COc1ccc2c(c1)CCC(=O)N2. The summed E-state index contributed by atoms with van der Waals surface area (Å²) in [4.78, 5) is 22.9. The molecule has 2 N–H and O–H groups in total. The van der Waals surface area contributed by atoms with Crippen molar-refractivity contribution in [2.45, 2.75) is 39.0 Å². The Morgan fingerprint density at radius 1 is 1.33 bits per heavy atom. The van der Waals surface area contributed by atoms with Crippen molar-refractivity contribution in [3.05, 3.63) is 23.8 Å². The van der Waals surface area contributed by atoms with Gasteiger partial charge in [-0.1, -0.05) is 19.8 Å². The highest BCUT2D eigenvalue weighted by Crippen LogP contribution is 2.26. The summed E-state index contributed by atoms with van der Waals surface area (Å²) >= 11 is 0. The maximum absolute atomic E-state index is 11.6. The fourth-order valence-electron chi connectivity index (χ4n) is 2.25. The molecular formula is C16H22N2O3. The Labute approximate surface area is 125 Å². The lowest BCUT2D eigenvalue weighted by molar-refractivity contribution is -0.123. The van der Waals surface area contributed by atoms with E-state index in [1.54, 1.807) is 6.07 Å². The fourth-order valence-corrected chi connectivity index (χ4v) is 2.25. The molecule has 0 bridgehead atoms. The first-order valence-electron chi connectivity index (χ1n) is 7.51. The molecule has 5 heteroatoms. The number of anilines is 1. The Bertz CT molecular complexity index is 514. The Morgan fingerprint density at radius 2 is 2.19 bits per heavy atom. The number of ether oxygens (including phenoxy) is 1. The van der Waals surface area contributed by atoms with Crippen LogP contribution in [0.4, 0.5) is 5.69 Å². The highest BCUT2D eigenvalue weighted by Gasteiger charge is 2.15. The second-order valence-electron chi connectivity index (χ2n) is 5.21. The van der Waals surface area contributed by atoms with E-state index in [0.29, 0.717) is 25.1 Å². The molecule has 21 heavy (non-hydrogen) atoms. The molecule has 1 aliphatic heterocycles. The average molecular weight is 290 g/mol. The highest BCUT2D eigenvalue weighted by molar-refractivity contribution is 5.94. The number of hydrogen-bond donors (Lipinski definition) is 2. The molecule has 114 valence electrons. The molecule has 1 heterocycles. The van der Waals surface area contributed by atoms with Gasteiger partial charge in [0.1, 0.15) is 5.75 Å². The van der Waals surface area contributed by atoms with E-state index in [0.717, 1.165) is 30.5 Å². The van der Waals surface area contributed by atoms with Gasteiger partial charge in [0, 0.05) is 18.7 Å². The summed E-state index contributed by atoms with van der Waals surface area (Å²) < 4.78 is 5.49. The van der Waals surface area contributed by atoms with Crippen LogP contribution in [0, 0.1) is 0 Å². The van der Waals surface area contributed by atoms with Gasteiger partial charge in [-0.2, -0.15) is 0 Å². The molecule has 2 amide bonds. The number of hydrogen-bond acceptors (Lipinski definition) is 3. The summed E-state index contributed by atoms with van der Waals surface area (Å²) in [5.41, 5.74) is 1.89. The van der Waals surface area contributed by atoms with Crippen molar-refractivity contribution < 1.29 is 14.3 Å². The van der Waals surface area contributed by atoms with E-state index in [9.17, 15) is 9.59 Å². The van der Waals surface area contributed by atoms with E-state index in [4.69, 9.17) is 4.74 Å². The van der Waals surface area contributed by atoms with E-state index in [2.05, 4.69) is 17.6 Å². The molecule has 2 rings (SSSR count). The number of carbonyl (C=O) groups excluding carboxylic acids is 2. The number of amides is 2. The topological polar surface area (TPSA) is 67.4 Å². The van der Waals surface area contributed by atoms with Crippen molar-refractivity contribution in [1.82, 2.24) is 5.32 Å². The minimum atomic E-state index is -0.0999. The number of unbranched alkanes of at least 4 members (excludes halogenated alkanes) is 2. The van der Waals surface area contributed by atoms with Gasteiger partial charge in [0.15, 0.2) is 6.61 Å². The van der Waals surface area contributed by atoms with Gasteiger partial charge in [-0.05, 0) is 36.6 Å². The molecule has 1 aliphatic rings. The van der Waals surface area contributed by atoms with E-state index in [-0.39, 0.29) is 18.4 Å². The van der Waals surface area contributed by atoms with E-state index in [1.165, 1.54) is 0 Å². The van der Waals surface area contributed by atoms with Crippen LogP contribution in [0.1, 0.15) is 38.2 Å². The van der Waals surface area contributed by atoms with Crippen molar-refractivity contribution in [2.75, 3.05) is 18.5 Å². The number of carbonyl (C=O) groups is 2. The zero-order valence-electron chi connectivity index (χ0n) is 12.4. The van der Waals surface area contributed by atoms with Gasteiger partial charge in [-0.15, -0.1) is 0 Å². The van der Waals surface area contributed by atoms with Gasteiger partial charge in [-0.25, -0.2) is 0 Å². The van der Waals surface area contributed by atoms with Crippen LogP contribution in [-0.4, -0.2) is 25.0 Å². The molecular weight excluding hydrogens is 268 g/mol. The molecule has 0 aliphatic carbocycles. The fraction of sp³-hybridized carbons (Fsp3) is 0.500. The Balaban J connectivity index is 1.78. The molecule has 0 unspecified atom stereocenters. The average Bonchev–Trinajstić information content (AvgIpc) is 2.49. The number of aryl methyl sites for hydroxylation is 1. The Kier molecular flexibility index (Phi) is 5.60. The lowest BCUT2D eigenvalue weighted by Gasteiger charge is -2.17. The number of rotatable bonds is 7. The summed E-state index contributed by atoms with van der Waals surface area (Å²) in [5.74, 6) is 0.605. The quantitative estimate of drug-likeness (QED) is 0.757. The first-order valence-corrected chi connectivity index (χ1v) is 7.51. The molecule has 0 spiro atoms. The Morgan fingerprint density at radius 3 is 3.00 bits per heavy atom. The van der Waals surface area contributed by atoms with Gasteiger partial charge in [-0.3, -0.25) is 9.59 Å². The predicted molar refractivity (Wildman–Crippen MR) is 81.4 cm³/mol. The summed E-state index contributed by atoms with van der Waals surface area (Å²) in [6.07, 6.45) is 4.46. The van der Waals surface area contributed by atoms with Gasteiger partial charge in [0.25, 0.3) is 5.91 Å². The maximum Gasteiger partial charge on any atom is 0.257 e. The largest absolute Gasteiger partial charge is 0.484 e. The summed E-state index contributed by atoms with van der Waals surface area (Å²) in [7, 11) is 0. The summed E-state index contributed by atoms with van der Waals surface area (Å²) in [6, 6.07) is 5.48. The van der Waals surface area contributed by atoms with Crippen molar-refractivity contribution in [3.63, 3.8) is 0 Å². The molecule has 0 saturated carbocycles. The first kappa shape index (κ1) is 15.4. The number of fused-ring (bicyclic) bond motifs is 1. The van der Waals surface area contributed by atoms with Crippen LogP contribution in [-0.2, 0) is 16.0 Å². The van der Waals surface area contributed by atoms with Gasteiger partial charge in [0.2, 0.25) is 5.91 Å². The van der Waals surface area contributed by atoms with Crippen LogP contribution in [0.15, 0.2) is 18.2 Å². The maximum atomic E-state index is 11.6. The second-order valence-corrected chi connectivity index (χ2v) is 5.21. The van der Waals surface area contributed by atoms with Crippen LogP contribution in [0.5, 0.6) is 5.75 Å². The number of benzene rings is 1. The van der Waals surface area contributed by atoms with Crippen LogP contribution in [0.25, 0.3) is 0 Å². The van der Waals surface area contributed by atoms with Crippen LogP contribution >= 0.6 is 0 Å². The first-order chi connectivity index (χ1) is 10.2. The third-order valence-corrected chi connectivity index (χ3v) is 3.44. The zero-order chi connectivity index (χ0) is 15.1. The van der Waals surface area contributed by atoms with E-state index in [1.807, 2.05) is 12.1 Å². The molecule has 0 aromatic heterocycles. The van der Waals surface area contributed by atoms with E-state index >= 15 is 0 Å². The smallest absolute Gasteiger partial charge is 0.257 e. The number of nitrogens with one attached hydrogen (secondary N) is 2. The monoisotopic (exact) mass is 290 g/mol. The molecule has 0 saturated heterocycles. The molecule has 1 aromatic rings. The molecule has 1 aromatic carbocycles. The Hall–Kier alpha value is -2.04. The lowest BCUT2D eigenvalue weighted by Crippen LogP contribution is -2.29. The summed E-state index contributed by atoms with van der Waals surface area (Å²) in [6.45, 7) is 2.85. The van der Waals surface area contributed by atoms with Crippen molar-refractivity contribution in [2.24, 2.45) is 0 Å². The van der Waals surface area contributed by atoms with Crippen LogP contribution < -0.4 is 15.4 Å². The standard InChI is InChI=1S/C16H22N2O3/c1-2-3-4-9-17-16(20)11-21-13-6-7-14-12(10-13)5-8-15(19)18-14/h6-7,10H,2-5,8-9,11H2,1H3,(H,17,20)(H,18,19). The molecule has 0 fully saturated rings. The zero-order valence-corrected chi connectivity index (χ0v) is 12.4. The van der Waals surface area contributed by atoms with Crippen LogP contribution in [0.3, 0.4) is 0 Å². The molecule has 0 radical (unpaired) electrons.